The highest BCUT2D eigenvalue weighted by atomic mass is 32.1. The molecule has 6 N–H and O–H groups in total. The molecule has 0 radical (unpaired) electrons. The Labute approximate surface area is 90.8 Å². The largest absolute Gasteiger partial charge is 0.375 e. The molecule has 0 aliphatic heterocycles. The van der Waals surface area contributed by atoms with Gasteiger partial charge in [-0.2, -0.15) is 15.5 Å². The summed E-state index contributed by atoms with van der Waals surface area (Å²) in [6.45, 7) is 0. The molecule has 0 saturated carbocycles. The molecule has 0 aromatic heterocycles. The van der Waals surface area contributed by atoms with Gasteiger partial charge >= 0.3 is 0 Å². The van der Waals surface area contributed by atoms with Gasteiger partial charge in [0.1, 0.15) is 6.07 Å². The van der Waals surface area contributed by atoms with E-state index in [0.29, 0.717) is 0 Å². The third kappa shape index (κ3) is 6.89. The number of hydrogen-bond donors (Lipinski definition) is 4. The number of rotatable bonds is 3. The van der Waals surface area contributed by atoms with Crippen molar-refractivity contribution >= 4 is 46.6 Å². The molecule has 0 atom stereocenters. The van der Waals surface area contributed by atoms with Crippen molar-refractivity contribution < 1.29 is 0 Å². The van der Waals surface area contributed by atoms with Gasteiger partial charge in [0, 0.05) is 0 Å². The van der Waals surface area contributed by atoms with Crippen LogP contribution >= 0.6 is 24.4 Å². The maximum absolute atomic E-state index is 8.52. The van der Waals surface area contributed by atoms with Gasteiger partial charge in [-0.3, -0.25) is 10.9 Å². The van der Waals surface area contributed by atoms with Gasteiger partial charge in [-0.05, 0) is 24.4 Å². The Morgan fingerprint density at radius 1 is 1.29 bits per heavy atom. The predicted molar refractivity (Wildman–Crippen MR) is 61.4 cm³/mol. The monoisotopic (exact) mass is 229 g/mol. The third-order valence-electron chi connectivity index (χ3n) is 0.763. The minimum Gasteiger partial charge on any atom is -0.375 e. The third-order valence-corrected chi connectivity index (χ3v) is 0.945. The second kappa shape index (κ2) is 6.70. The Balaban J connectivity index is 4.23. The van der Waals surface area contributed by atoms with Gasteiger partial charge in [-0.1, -0.05) is 0 Å². The van der Waals surface area contributed by atoms with Gasteiger partial charge in [-0.25, -0.2) is 0 Å². The van der Waals surface area contributed by atoms with E-state index < -0.39 is 0 Å². The number of nitrogens with zero attached hydrogens (tertiary/aromatic N) is 3. The van der Waals surface area contributed by atoms with E-state index in [0.717, 1.165) is 6.21 Å². The molecule has 0 saturated heterocycles. The highest BCUT2D eigenvalue weighted by molar-refractivity contribution is 7.80. The van der Waals surface area contributed by atoms with Crippen LogP contribution in [0.1, 0.15) is 0 Å². The molecule has 0 amide bonds. The van der Waals surface area contributed by atoms with Crippen molar-refractivity contribution in [1.29, 1.82) is 5.26 Å². The molecule has 74 valence electrons. The van der Waals surface area contributed by atoms with Crippen LogP contribution in [0.5, 0.6) is 0 Å². The van der Waals surface area contributed by atoms with Gasteiger partial charge in [-0.15, -0.1) is 0 Å². The van der Waals surface area contributed by atoms with Crippen molar-refractivity contribution in [2.24, 2.45) is 21.7 Å². The first-order valence-electron chi connectivity index (χ1n) is 3.18. The number of nitrogens with one attached hydrogen (secondary N) is 2. The van der Waals surface area contributed by atoms with Crippen molar-refractivity contribution in [3.8, 4) is 6.07 Å². The first-order chi connectivity index (χ1) is 6.56. The molecular weight excluding hydrogens is 222 g/mol. The van der Waals surface area contributed by atoms with Crippen LogP contribution in [0.4, 0.5) is 0 Å². The summed E-state index contributed by atoms with van der Waals surface area (Å²) in [7, 11) is 0. The molecule has 14 heavy (non-hydrogen) atoms. The second-order valence-electron chi connectivity index (χ2n) is 1.82. The summed E-state index contributed by atoms with van der Waals surface area (Å²) in [6, 6.07) is 1.73. The average molecular weight is 229 g/mol. The molecule has 0 fully saturated rings. The minimum atomic E-state index is -0.0477. The first-order valence-corrected chi connectivity index (χ1v) is 3.99. The van der Waals surface area contributed by atoms with Crippen LogP contribution in [0.25, 0.3) is 0 Å². The van der Waals surface area contributed by atoms with Crippen LogP contribution in [-0.4, -0.2) is 22.2 Å². The van der Waals surface area contributed by atoms with Gasteiger partial charge in [0.05, 0.1) is 6.21 Å². The van der Waals surface area contributed by atoms with Crippen LogP contribution in [0.15, 0.2) is 10.2 Å². The normalized spacial score (nSPS) is 10.6. The number of hydrogen-bond acceptors (Lipinski definition) is 5. The van der Waals surface area contributed by atoms with Crippen molar-refractivity contribution in [3.05, 3.63) is 0 Å². The SMILES string of the molecule is N#CC(/C=N/NC(N)=S)=N\NC(N)=S. The summed E-state index contributed by atoms with van der Waals surface area (Å²) in [5.74, 6) is 0. The zero-order chi connectivity index (χ0) is 11.0. The fourth-order valence-corrected chi connectivity index (χ4v) is 0.453. The maximum Gasteiger partial charge on any atom is 0.184 e. The van der Waals surface area contributed by atoms with Crippen LogP contribution in [-0.2, 0) is 0 Å². The van der Waals surface area contributed by atoms with Crippen LogP contribution < -0.4 is 22.3 Å². The molecule has 0 bridgehead atoms. The fourth-order valence-electron chi connectivity index (χ4n) is 0.355. The molecule has 7 nitrogen and oxygen atoms in total. The van der Waals surface area contributed by atoms with Gasteiger partial charge in [0.15, 0.2) is 15.9 Å². The topological polar surface area (TPSA) is 125 Å². The molecule has 0 aliphatic rings. The Bertz CT molecular complexity index is 325. The van der Waals surface area contributed by atoms with Gasteiger partial charge < -0.3 is 11.5 Å². The molecule has 0 unspecified atom stereocenters. The second-order valence-corrected chi connectivity index (χ2v) is 2.70. The molecule has 0 heterocycles. The number of hydrazone groups is 2. The summed E-state index contributed by atoms with van der Waals surface area (Å²) in [4.78, 5) is 0. The molecule has 9 heteroatoms. The van der Waals surface area contributed by atoms with Crippen molar-refractivity contribution in [3.63, 3.8) is 0 Å². The molecule has 0 aliphatic carbocycles. The summed E-state index contributed by atoms with van der Waals surface area (Å²) >= 11 is 8.93. The van der Waals surface area contributed by atoms with Gasteiger partial charge in [0.2, 0.25) is 0 Å². The highest BCUT2D eigenvalue weighted by Gasteiger charge is 1.91. The Kier molecular flexibility index (Phi) is 5.84. The molecule has 0 aromatic rings. The Morgan fingerprint density at radius 3 is 2.29 bits per heavy atom. The lowest BCUT2D eigenvalue weighted by molar-refractivity contribution is 1.03. The van der Waals surface area contributed by atoms with Crippen LogP contribution in [0.2, 0.25) is 0 Å². The summed E-state index contributed by atoms with van der Waals surface area (Å²) in [5.41, 5.74) is 14.6. The van der Waals surface area contributed by atoms with E-state index in [2.05, 4.69) is 45.5 Å². The zero-order valence-corrected chi connectivity index (χ0v) is 8.52. The average Bonchev–Trinajstić information content (AvgIpc) is 2.10. The van der Waals surface area contributed by atoms with E-state index >= 15 is 0 Å². The van der Waals surface area contributed by atoms with E-state index in [4.69, 9.17) is 16.7 Å². The summed E-state index contributed by atoms with van der Waals surface area (Å²) in [6.07, 6.45) is 1.12. The smallest absolute Gasteiger partial charge is 0.184 e. The predicted octanol–water partition coefficient (Wildman–Crippen LogP) is -1.48. The number of nitriles is 1. The van der Waals surface area contributed by atoms with E-state index in [1.165, 1.54) is 0 Å². The minimum absolute atomic E-state index is 0.0131. The Morgan fingerprint density at radius 2 is 1.86 bits per heavy atom. The van der Waals surface area contributed by atoms with E-state index in [1.54, 1.807) is 6.07 Å². The molecule has 0 rings (SSSR count). The lowest BCUT2D eigenvalue weighted by atomic mass is 10.5. The van der Waals surface area contributed by atoms with Crippen molar-refractivity contribution in [1.82, 2.24) is 10.9 Å². The van der Waals surface area contributed by atoms with E-state index in [1.807, 2.05) is 0 Å². The lowest BCUT2D eigenvalue weighted by Crippen LogP contribution is -2.26. The summed E-state index contributed by atoms with van der Waals surface area (Å²) in [5, 5.41) is 15.5. The van der Waals surface area contributed by atoms with Crippen LogP contribution in [0, 0.1) is 11.3 Å². The van der Waals surface area contributed by atoms with Crippen LogP contribution in [0.3, 0.4) is 0 Å². The standard InChI is InChI=1S/C5H7N7S2/c6-1-3(10-12-5(8)14)2-9-11-4(7)13/h2H,(H3,7,11,13)(H3,8,12,14)/b9-2+,10-3+. The number of nitrogens with two attached hydrogens (primary N) is 2. The zero-order valence-electron chi connectivity index (χ0n) is 6.89. The van der Waals surface area contributed by atoms with Crippen molar-refractivity contribution in [2.45, 2.75) is 0 Å². The van der Waals surface area contributed by atoms with E-state index in [-0.39, 0.29) is 15.9 Å². The first kappa shape index (κ1) is 12.2. The fraction of sp³-hybridized carbons (Fsp3) is 0. The number of thiocarbonyl (C=S) groups is 2. The quantitative estimate of drug-likeness (QED) is 0.264. The molecule has 0 aromatic carbocycles. The maximum atomic E-state index is 8.52. The molecular formula is C5H7N7S2. The van der Waals surface area contributed by atoms with Crippen molar-refractivity contribution in [2.75, 3.05) is 0 Å². The Hall–Kier alpha value is -1.79. The highest BCUT2D eigenvalue weighted by Crippen LogP contribution is 1.70. The summed E-state index contributed by atoms with van der Waals surface area (Å²) < 4.78 is 0. The molecule has 0 spiro atoms. The lowest BCUT2D eigenvalue weighted by Gasteiger charge is -1.94. The van der Waals surface area contributed by atoms with E-state index in [9.17, 15) is 0 Å². The van der Waals surface area contributed by atoms with Gasteiger partial charge in [0.25, 0.3) is 0 Å².